The molecule has 3 amide bonds. The van der Waals surface area contributed by atoms with E-state index in [2.05, 4.69) is 63.6 Å². The van der Waals surface area contributed by atoms with Gasteiger partial charge in [0.2, 0.25) is 0 Å². The van der Waals surface area contributed by atoms with E-state index < -0.39 is 6.04 Å². The highest BCUT2D eigenvalue weighted by Crippen LogP contribution is 2.29. The lowest BCUT2D eigenvalue weighted by atomic mass is 9.96. The quantitative estimate of drug-likeness (QED) is 0.555. The van der Waals surface area contributed by atoms with E-state index in [1.54, 1.807) is 0 Å². The molecule has 1 N–H and O–H groups in total. The van der Waals surface area contributed by atoms with Crippen molar-refractivity contribution in [3.05, 3.63) is 108 Å². The summed E-state index contributed by atoms with van der Waals surface area (Å²) in [6, 6.07) is 30.4. The molecule has 6 heteroatoms. The number of carbonyl (C=O) groups is 2. The number of amides is 3. The molecule has 1 atom stereocenters. The zero-order chi connectivity index (χ0) is 23.3. The fourth-order valence-corrected chi connectivity index (χ4v) is 4.95. The standard InChI is InChI=1S/C28H30N4O2/c33-27-25(20-22-10-4-1-5-11-22)29-28(34)32(27)21-30-16-18-31(19-17-30)26(23-12-6-2-7-13-23)24-14-8-3-9-15-24/h1-15,25-26H,16-21H2,(H,29,34)/t25-/m1/s1. The van der Waals surface area contributed by atoms with Gasteiger partial charge < -0.3 is 5.32 Å². The highest BCUT2D eigenvalue weighted by atomic mass is 16.2. The van der Waals surface area contributed by atoms with Crippen molar-refractivity contribution >= 4 is 11.9 Å². The zero-order valence-corrected chi connectivity index (χ0v) is 19.2. The second kappa shape index (κ2) is 10.2. The number of rotatable bonds is 7. The third-order valence-corrected chi connectivity index (χ3v) is 6.73. The van der Waals surface area contributed by atoms with Crippen LogP contribution in [-0.4, -0.2) is 65.5 Å². The molecule has 0 saturated carbocycles. The zero-order valence-electron chi connectivity index (χ0n) is 19.2. The van der Waals surface area contributed by atoms with Crippen molar-refractivity contribution in [2.75, 3.05) is 32.8 Å². The number of urea groups is 1. The molecule has 3 aromatic rings. The Morgan fingerprint density at radius 1 is 0.735 bits per heavy atom. The van der Waals surface area contributed by atoms with E-state index in [0.717, 1.165) is 31.7 Å². The van der Waals surface area contributed by atoms with Crippen molar-refractivity contribution in [2.24, 2.45) is 0 Å². The molecule has 0 aromatic heterocycles. The van der Waals surface area contributed by atoms with Gasteiger partial charge in [0.1, 0.15) is 6.04 Å². The van der Waals surface area contributed by atoms with Crippen molar-refractivity contribution in [1.29, 1.82) is 0 Å². The molecule has 6 nitrogen and oxygen atoms in total. The van der Waals surface area contributed by atoms with E-state index in [0.29, 0.717) is 13.1 Å². The van der Waals surface area contributed by atoms with Crippen molar-refractivity contribution < 1.29 is 9.59 Å². The Morgan fingerprint density at radius 2 is 1.26 bits per heavy atom. The fraction of sp³-hybridized carbons (Fsp3) is 0.286. The molecule has 174 valence electrons. The van der Waals surface area contributed by atoms with Gasteiger partial charge in [0.15, 0.2) is 0 Å². The van der Waals surface area contributed by atoms with E-state index in [4.69, 9.17) is 0 Å². The molecule has 5 rings (SSSR count). The Kier molecular flexibility index (Phi) is 6.70. The van der Waals surface area contributed by atoms with Gasteiger partial charge in [-0.3, -0.25) is 14.6 Å². The molecule has 2 heterocycles. The molecule has 0 radical (unpaired) electrons. The monoisotopic (exact) mass is 454 g/mol. The summed E-state index contributed by atoms with van der Waals surface area (Å²) in [4.78, 5) is 31.6. The van der Waals surface area contributed by atoms with Crippen LogP contribution in [0.2, 0.25) is 0 Å². The van der Waals surface area contributed by atoms with E-state index in [1.807, 2.05) is 42.5 Å². The third-order valence-electron chi connectivity index (χ3n) is 6.73. The van der Waals surface area contributed by atoms with E-state index >= 15 is 0 Å². The van der Waals surface area contributed by atoms with Gasteiger partial charge in [0.05, 0.1) is 12.7 Å². The van der Waals surface area contributed by atoms with Crippen LogP contribution in [0.4, 0.5) is 4.79 Å². The van der Waals surface area contributed by atoms with E-state index in [1.165, 1.54) is 16.0 Å². The van der Waals surface area contributed by atoms with E-state index in [9.17, 15) is 9.59 Å². The first-order chi connectivity index (χ1) is 16.7. The second-order valence-electron chi connectivity index (χ2n) is 8.98. The Bertz CT molecular complexity index is 1060. The topological polar surface area (TPSA) is 55.9 Å². The van der Waals surface area contributed by atoms with Crippen LogP contribution in [0.1, 0.15) is 22.7 Å². The third kappa shape index (κ3) is 4.88. The smallest absolute Gasteiger partial charge is 0.325 e. The Balaban J connectivity index is 1.22. The molecule has 2 aliphatic heterocycles. The first-order valence-electron chi connectivity index (χ1n) is 11.9. The number of hydrogen-bond donors (Lipinski definition) is 1. The minimum atomic E-state index is -0.489. The second-order valence-corrected chi connectivity index (χ2v) is 8.98. The van der Waals surface area contributed by atoms with Crippen molar-refractivity contribution in [2.45, 2.75) is 18.5 Å². The summed E-state index contributed by atoms with van der Waals surface area (Å²) in [5, 5.41) is 2.86. The number of nitrogens with one attached hydrogen (secondary N) is 1. The van der Waals surface area contributed by atoms with Gasteiger partial charge in [-0.25, -0.2) is 9.69 Å². The summed E-state index contributed by atoms with van der Waals surface area (Å²) in [5.41, 5.74) is 3.60. The lowest BCUT2D eigenvalue weighted by molar-refractivity contribution is -0.129. The van der Waals surface area contributed by atoms with Gasteiger partial charge in [-0.1, -0.05) is 91.0 Å². The Morgan fingerprint density at radius 3 is 1.82 bits per heavy atom. The molecule has 0 bridgehead atoms. The molecule has 2 fully saturated rings. The maximum absolute atomic E-state index is 12.9. The predicted molar refractivity (Wildman–Crippen MR) is 132 cm³/mol. The maximum Gasteiger partial charge on any atom is 0.325 e. The van der Waals surface area contributed by atoms with Gasteiger partial charge in [0, 0.05) is 32.6 Å². The molecule has 2 saturated heterocycles. The minimum Gasteiger partial charge on any atom is -0.325 e. The summed E-state index contributed by atoms with van der Waals surface area (Å²) in [6.45, 7) is 3.68. The number of hydrogen-bond acceptors (Lipinski definition) is 4. The lowest BCUT2D eigenvalue weighted by Crippen LogP contribution is -2.52. The normalized spacial score (nSPS) is 19.6. The molecule has 3 aromatic carbocycles. The van der Waals surface area contributed by atoms with Crippen LogP contribution in [0.15, 0.2) is 91.0 Å². The van der Waals surface area contributed by atoms with Gasteiger partial charge in [0.25, 0.3) is 5.91 Å². The number of imide groups is 1. The first-order valence-corrected chi connectivity index (χ1v) is 11.9. The fourth-order valence-electron chi connectivity index (χ4n) is 4.95. The maximum atomic E-state index is 12.9. The van der Waals surface area contributed by atoms with Gasteiger partial charge in [-0.05, 0) is 16.7 Å². The van der Waals surface area contributed by atoms with Crippen LogP contribution in [0.25, 0.3) is 0 Å². The van der Waals surface area contributed by atoms with Gasteiger partial charge in [-0.2, -0.15) is 0 Å². The Hall–Kier alpha value is -3.48. The largest absolute Gasteiger partial charge is 0.325 e. The number of carbonyl (C=O) groups excluding carboxylic acids is 2. The lowest BCUT2D eigenvalue weighted by Gasteiger charge is -2.40. The van der Waals surface area contributed by atoms with Gasteiger partial charge in [-0.15, -0.1) is 0 Å². The SMILES string of the molecule is O=C1N[C@H](Cc2ccccc2)C(=O)N1CN1CCN(C(c2ccccc2)c2ccccc2)CC1. The minimum absolute atomic E-state index is 0.136. The summed E-state index contributed by atoms with van der Waals surface area (Å²) < 4.78 is 0. The van der Waals surface area contributed by atoms with Crippen LogP contribution in [-0.2, 0) is 11.2 Å². The summed E-state index contributed by atoms with van der Waals surface area (Å²) in [6.07, 6.45) is 0.519. The molecule has 2 aliphatic rings. The van der Waals surface area contributed by atoms with E-state index in [-0.39, 0.29) is 18.0 Å². The van der Waals surface area contributed by atoms with Crippen LogP contribution in [0.5, 0.6) is 0 Å². The number of nitrogens with zero attached hydrogens (tertiary/aromatic N) is 3. The molecule has 34 heavy (non-hydrogen) atoms. The first kappa shape index (κ1) is 22.3. The molecule has 0 aliphatic carbocycles. The predicted octanol–water partition coefficient (Wildman–Crippen LogP) is 3.51. The molecule has 0 spiro atoms. The molecular formula is C28H30N4O2. The van der Waals surface area contributed by atoms with Gasteiger partial charge >= 0.3 is 6.03 Å². The highest BCUT2D eigenvalue weighted by Gasteiger charge is 2.39. The average Bonchev–Trinajstić information content (AvgIpc) is 3.14. The van der Waals surface area contributed by atoms with Crippen LogP contribution >= 0.6 is 0 Å². The summed E-state index contributed by atoms with van der Waals surface area (Å²) in [5.74, 6) is -0.136. The number of benzene rings is 3. The average molecular weight is 455 g/mol. The number of piperazine rings is 1. The summed E-state index contributed by atoms with van der Waals surface area (Å²) >= 11 is 0. The van der Waals surface area contributed by atoms with Crippen LogP contribution < -0.4 is 5.32 Å². The summed E-state index contributed by atoms with van der Waals surface area (Å²) in [7, 11) is 0. The van der Waals surface area contributed by atoms with Crippen LogP contribution in [0.3, 0.4) is 0 Å². The molecular weight excluding hydrogens is 424 g/mol. The Labute approximate surface area is 200 Å². The van der Waals surface area contributed by atoms with Crippen LogP contribution in [0, 0.1) is 0 Å². The van der Waals surface area contributed by atoms with Crippen molar-refractivity contribution in [3.8, 4) is 0 Å². The van der Waals surface area contributed by atoms with Crippen molar-refractivity contribution in [3.63, 3.8) is 0 Å². The van der Waals surface area contributed by atoms with Crippen molar-refractivity contribution in [1.82, 2.24) is 20.0 Å². The highest BCUT2D eigenvalue weighted by molar-refractivity contribution is 6.04. The molecule has 0 unspecified atom stereocenters.